The lowest BCUT2D eigenvalue weighted by Gasteiger charge is -2.50. The van der Waals surface area contributed by atoms with Crippen molar-refractivity contribution in [3.63, 3.8) is 0 Å². The van der Waals surface area contributed by atoms with E-state index in [1.807, 2.05) is 74.5 Å². The standard InChI is InChI=1S/C48H83N3O15/c1-16-35-47(11)48(66-47)40(65-44(48)54)31(6)51(14)26-27(2)24-45(9,55)39(64-43-38(61-33(8)52)34(50(12)13)23-28(3)59-43)29(4)37(30(5)42(53)62-35)63-36-25-46(10,56-15)41(32(7)60-36)58-22-18-21-57-20-17-19-49/h27-32,34-41,43-44,54-55H,16-18,20-26H2,1-15H3/t27-,28-,29+,30-,31-,32+,34+,35-,36?,37+,38-,39-,40-,41+,43+,44-,45-,46-,47-,48?/m1/s1. The quantitative estimate of drug-likeness (QED) is 0.135. The number of aliphatic hydroxyl groups is 2. The van der Waals surface area contributed by atoms with Gasteiger partial charge in [-0.15, -0.1) is 0 Å². The predicted octanol–water partition coefficient (Wildman–Crippen LogP) is 3.95. The van der Waals surface area contributed by atoms with Gasteiger partial charge in [0.2, 0.25) is 0 Å². The van der Waals surface area contributed by atoms with E-state index in [4.69, 9.17) is 57.4 Å². The lowest BCUT2D eigenvalue weighted by atomic mass is 9.76. The molecule has 5 fully saturated rings. The molecule has 0 saturated carbocycles. The van der Waals surface area contributed by atoms with Crippen molar-refractivity contribution in [3.8, 4) is 6.07 Å². The number of nitrogens with zero attached hydrogens (tertiary/aromatic N) is 3. The van der Waals surface area contributed by atoms with Crippen LogP contribution in [0.1, 0.15) is 115 Å². The van der Waals surface area contributed by atoms with Gasteiger partial charge in [0.15, 0.2) is 30.6 Å². The average Bonchev–Trinajstić information content (AvgIpc) is 3.92. The summed E-state index contributed by atoms with van der Waals surface area (Å²) < 4.78 is 70.1. The molecule has 5 aliphatic rings. The summed E-state index contributed by atoms with van der Waals surface area (Å²) in [6.45, 7) is 22.0. The Morgan fingerprint density at radius 1 is 0.985 bits per heavy atom. The smallest absolute Gasteiger partial charge is 0.311 e. The lowest BCUT2D eigenvalue weighted by molar-refractivity contribution is -0.321. The molecule has 2 N–H and O–H groups in total. The molecular formula is C48H83N3O15. The molecular weight excluding hydrogens is 859 g/mol. The van der Waals surface area contributed by atoms with Crippen molar-refractivity contribution in [1.29, 1.82) is 5.26 Å². The molecule has 5 rings (SSSR count). The summed E-state index contributed by atoms with van der Waals surface area (Å²) in [4.78, 5) is 31.6. The van der Waals surface area contributed by atoms with Crippen molar-refractivity contribution in [2.75, 3.05) is 54.6 Å². The Labute approximate surface area is 393 Å². The summed E-state index contributed by atoms with van der Waals surface area (Å²) in [6, 6.07) is 1.59. The maximum Gasteiger partial charge on any atom is 0.311 e. The topological polar surface area (TPSA) is 210 Å². The highest BCUT2D eigenvalue weighted by atomic mass is 16.8. The number of nitriles is 1. The molecule has 0 bridgehead atoms. The maximum absolute atomic E-state index is 14.8. The van der Waals surface area contributed by atoms with E-state index >= 15 is 0 Å². The van der Waals surface area contributed by atoms with Gasteiger partial charge >= 0.3 is 11.9 Å². The first-order valence-electron chi connectivity index (χ1n) is 24.1. The van der Waals surface area contributed by atoms with Crippen molar-refractivity contribution in [2.24, 2.45) is 17.8 Å². The number of hydrogen-bond acceptors (Lipinski definition) is 18. The number of esters is 2. The van der Waals surface area contributed by atoms with Gasteiger partial charge in [-0.05, 0) is 101 Å². The highest BCUT2D eigenvalue weighted by Gasteiger charge is 2.85. The number of methoxy groups -OCH3 is 1. The fraction of sp³-hybridized carbons (Fsp3) is 0.938. The Balaban J connectivity index is 1.54. The van der Waals surface area contributed by atoms with Gasteiger partial charge in [-0.25, -0.2) is 0 Å². The van der Waals surface area contributed by atoms with E-state index in [0.29, 0.717) is 52.0 Å². The number of likely N-dealkylation sites (N-methyl/N-ethyl adjacent to an activating group) is 2. The molecule has 1 spiro atoms. The predicted molar refractivity (Wildman–Crippen MR) is 240 cm³/mol. The Kier molecular flexibility index (Phi) is 18.6. The molecule has 5 heterocycles. The molecule has 0 radical (unpaired) electrons. The van der Waals surface area contributed by atoms with Gasteiger partial charge in [-0.1, -0.05) is 20.8 Å². The van der Waals surface area contributed by atoms with E-state index in [1.165, 1.54) is 6.92 Å². The largest absolute Gasteiger partial charge is 0.459 e. The zero-order valence-corrected chi connectivity index (χ0v) is 42.4. The van der Waals surface area contributed by atoms with Crippen molar-refractivity contribution in [1.82, 2.24) is 9.80 Å². The van der Waals surface area contributed by atoms with Gasteiger partial charge < -0.3 is 72.1 Å². The number of ether oxygens (including phenoxy) is 11. The molecule has 2 unspecified atom stereocenters. The van der Waals surface area contributed by atoms with Crippen molar-refractivity contribution in [2.45, 2.75) is 217 Å². The third-order valence-electron chi connectivity index (χ3n) is 15.1. The lowest BCUT2D eigenvalue weighted by Crippen LogP contribution is -2.68. The third kappa shape index (κ3) is 11.6. The number of hydrogen-bond donors (Lipinski definition) is 2. The number of cyclic esters (lactones) is 1. The van der Waals surface area contributed by atoms with Crippen LogP contribution in [0.5, 0.6) is 0 Å². The number of aliphatic hydroxyl groups excluding tert-OH is 1. The molecule has 5 aliphatic heterocycles. The fourth-order valence-electron chi connectivity index (χ4n) is 11.4. The zero-order valence-electron chi connectivity index (χ0n) is 42.4. The van der Waals surface area contributed by atoms with Crippen LogP contribution in [0.15, 0.2) is 0 Å². The Hall–Kier alpha value is -2.09. The molecule has 18 heteroatoms. The van der Waals surface area contributed by atoms with E-state index in [1.54, 1.807) is 21.0 Å². The summed E-state index contributed by atoms with van der Waals surface area (Å²) in [5.74, 6) is -2.93. The number of carbonyl (C=O) groups excluding carboxylic acids is 2. The van der Waals surface area contributed by atoms with Crippen molar-refractivity contribution >= 4 is 11.9 Å². The second kappa shape index (κ2) is 22.3. The molecule has 66 heavy (non-hydrogen) atoms. The molecule has 0 aromatic heterocycles. The molecule has 18 nitrogen and oxygen atoms in total. The number of carbonyl (C=O) groups is 2. The first-order chi connectivity index (χ1) is 30.9. The van der Waals surface area contributed by atoms with Gasteiger partial charge in [-0.2, -0.15) is 5.26 Å². The number of epoxide rings is 1. The second-order valence-corrected chi connectivity index (χ2v) is 20.7. The van der Waals surface area contributed by atoms with Crippen LogP contribution in [-0.2, 0) is 61.7 Å². The molecule has 0 aromatic carbocycles. The van der Waals surface area contributed by atoms with Crippen LogP contribution in [0.25, 0.3) is 0 Å². The molecule has 0 amide bonds. The van der Waals surface area contributed by atoms with Crippen LogP contribution >= 0.6 is 0 Å². The highest BCUT2D eigenvalue weighted by molar-refractivity contribution is 5.73. The molecule has 0 aromatic rings. The Bertz CT molecular complexity index is 1650. The summed E-state index contributed by atoms with van der Waals surface area (Å²) in [7, 11) is 7.42. The van der Waals surface area contributed by atoms with Crippen molar-refractivity contribution in [3.05, 3.63) is 0 Å². The maximum atomic E-state index is 14.8. The van der Waals surface area contributed by atoms with E-state index in [2.05, 4.69) is 17.9 Å². The SMILES string of the molecule is CC[C@H]1OC(=O)[C@H](C)[C@@H](OC2C[C@@](C)(OC)[C@@H](OCCCOCCC#N)[C@H](C)O2)[C@H](C)[C@@H](O[C@@H]2O[C@H](C)C[C@H](N(C)C)[C@H]2OC(C)=O)[C@](C)(O)C[C@@H](C)CN(C)[C@H](C)[C@H]2O[C@@H](O)C23O[C@]13C. The van der Waals surface area contributed by atoms with E-state index < -0.39 is 108 Å². The normalized spacial score (nSPS) is 46.0. The first-order valence-corrected chi connectivity index (χ1v) is 24.1. The minimum absolute atomic E-state index is 0.118. The third-order valence-corrected chi connectivity index (χ3v) is 15.1. The second-order valence-electron chi connectivity index (χ2n) is 20.7. The molecule has 380 valence electrons. The van der Waals surface area contributed by atoms with Gasteiger partial charge in [0.1, 0.15) is 23.9 Å². The molecule has 20 atom stereocenters. The average molecular weight is 942 g/mol. The molecule has 5 saturated heterocycles. The van der Waals surface area contributed by atoms with E-state index in [0.717, 1.165) is 0 Å². The Morgan fingerprint density at radius 2 is 1.68 bits per heavy atom. The van der Waals surface area contributed by atoms with Crippen LogP contribution in [-0.4, -0.2) is 189 Å². The van der Waals surface area contributed by atoms with E-state index in [9.17, 15) is 19.8 Å². The van der Waals surface area contributed by atoms with Crippen LogP contribution in [0.3, 0.4) is 0 Å². The summed E-state index contributed by atoms with van der Waals surface area (Å²) in [5.41, 5.74) is -4.60. The van der Waals surface area contributed by atoms with Crippen LogP contribution in [0, 0.1) is 29.1 Å². The summed E-state index contributed by atoms with van der Waals surface area (Å²) in [6.07, 6.45) is -6.38. The monoisotopic (exact) mass is 942 g/mol. The van der Waals surface area contributed by atoms with Gasteiger partial charge in [0.05, 0.1) is 66.7 Å². The summed E-state index contributed by atoms with van der Waals surface area (Å²) >= 11 is 0. The van der Waals surface area contributed by atoms with E-state index in [-0.39, 0.29) is 36.9 Å². The zero-order chi connectivity index (χ0) is 49.1. The van der Waals surface area contributed by atoms with Gasteiger partial charge in [0, 0.05) is 52.2 Å². The van der Waals surface area contributed by atoms with Gasteiger partial charge in [0.25, 0.3) is 0 Å². The minimum atomic E-state index is -1.59. The van der Waals surface area contributed by atoms with Crippen LogP contribution in [0.4, 0.5) is 0 Å². The minimum Gasteiger partial charge on any atom is -0.459 e. The fourth-order valence-corrected chi connectivity index (χ4v) is 11.4. The van der Waals surface area contributed by atoms with Crippen LogP contribution in [0.2, 0.25) is 0 Å². The molecule has 0 aliphatic carbocycles. The first kappa shape index (κ1) is 54.8. The highest BCUT2D eigenvalue weighted by Crippen LogP contribution is 2.63. The Morgan fingerprint density at radius 3 is 2.29 bits per heavy atom. The van der Waals surface area contributed by atoms with Crippen molar-refractivity contribution < 1.29 is 71.9 Å². The van der Waals surface area contributed by atoms with Crippen LogP contribution < -0.4 is 0 Å². The summed E-state index contributed by atoms with van der Waals surface area (Å²) in [5, 5.41) is 32.9. The number of rotatable bonds is 15. The van der Waals surface area contributed by atoms with Gasteiger partial charge in [-0.3, -0.25) is 9.59 Å².